The van der Waals surface area contributed by atoms with Gasteiger partial charge in [-0.25, -0.2) is 13.9 Å². The van der Waals surface area contributed by atoms with Crippen LogP contribution in [0.3, 0.4) is 0 Å². The summed E-state index contributed by atoms with van der Waals surface area (Å²) in [4.78, 5) is 14.2. The summed E-state index contributed by atoms with van der Waals surface area (Å²) >= 11 is 0. The number of nitrogens with one attached hydrogen (secondary N) is 2. The van der Waals surface area contributed by atoms with E-state index in [2.05, 4.69) is 20.9 Å². The van der Waals surface area contributed by atoms with Crippen molar-refractivity contribution in [2.75, 3.05) is 36.5 Å². The third kappa shape index (κ3) is 4.24. The Morgan fingerprint density at radius 3 is 2.92 bits per heavy atom. The van der Waals surface area contributed by atoms with Crippen LogP contribution >= 0.6 is 0 Å². The fourth-order valence-electron chi connectivity index (χ4n) is 2.70. The molecule has 8 nitrogen and oxygen atoms in total. The highest BCUT2D eigenvalue weighted by Crippen LogP contribution is 2.27. The highest BCUT2D eigenvalue weighted by molar-refractivity contribution is 5.93. The minimum Gasteiger partial charge on any atom is -0.378 e. The summed E-state index contributed by atoms with van der Waals surface area (Å²) < 4.78 is 20.7. The number of carbonyl (C=O) groups excluding carboxylic acids is 1. The molecule has 0 unspecified atom stereocenters. The van der Waals surface area contributed by atoms with Gasteiger partial charge in [0.25, 0.3) is 0 Å². The van der Waals surface area contributed by atoms with Crippen molar-refractivity contribution >= 4 is 17.4 Å². The number of aryl methyl sites for hydroxylation is 1. The molecule has 0 aliphatic carbocycles. The number of rotatable bonds is 5. The van der Waals surface area contributed by atoms with E-state index < -0.39 is 0 Å². The first-order chi connectivity index (χ1) is 12.2. The van der Waals surface area contributed by atoms with Gasteiger partial charge in [0.1, 0.15) is 5.82 Å². The monoisotopic (exact) mass is 348 g/mol. The van der Waals surface area contributed by atoms with Gasteiger partial charge in [0.15, 0.2) is 0 Å². The van der Waals surface area contributed by atoms with E-state index in [0.717, 1.165) is 5.69 Å². The number of hydrogen-bond donors (Lipinski definition) is 2. The Hall–Kier alpha value is -2.68. The van der Waals surface area contributed by atoms with Crippen LogP contribution in [0.2, 0.25) is 0 Å². The molecule has 134 valence electrons. The summed E-state index contributed by atoms with van der Waals surface area (Å²) in [6, 6.07) is 3.95. The number of carbonyl (C=O) groups is 1. The van der Waals surface area contributed by atoms with Crippen molar-refractivity contribution in [3.63, 3.8) is 0 Å². The summed E-state index contributed by atoms with van der Waals surface area (Å²) in [6.07, 6.45) is 1.61. The van der Waals surface area contributed by atoms with E-state index in [9.17, 15) is 9.18 Å². The summed E-state index contributed by atoms with van der Waals surface area (Å²) in [5.41, 5.74) is 2.02. The standard InChI is InChI=1S/C16H21FN6O2/c1-2-23-13(11-19-21-23)10-18-16(24)20-14-4-3-12(17)9-15(14)22-5-7-25-8-6-22/h3-4,9,11H,2,5-8,10H2,1H3,(H2,18,20,24). The Balaban J connectivity index is 1.66. The molecular weight excluding hydrogens is 327 g/mol. The lowest BCUT2D eigenvalue weighted by atomic mass is 10.2. The van der Waals surface area contributed by atoms with E-state index in [1.807, 2.05) is 11.8 Å². The number of benzene rings is 1. The van der Waals surface area contributed by atoms with E-state index in [1.54, 1.807) is 16.9 Å². The van der Waals surface area contributed by atoms with Crippen LogP contribution in [0.4, 0.5) is 20.6 Å². The zero-order valence-corrected chi connectivity index (χ0v) is 14.0. The molecule has 0 bridgehead atoms. The smallest absolute Gasteiger partial charge is 0.319 e. The van der Waals surface area contributed by atoms with Crippen LogP contribution in [0.5, 0.6) is 0 Å². The maximum Gasteiger partial charge on any atom is 0.319 e. The van der Waals surface area contributed by atoms with Crippen molar-refractivity contribution in [2.45, 2.75) is 20.0 Å². The molecule has 2 heterocycles. The lowest BCUT2D eigenvalue weighted by molar-refractivity contribution is 0.122. The number of anilines is 2. The van der Waals surface area contributed by atoms with Gasteiger partial charge in [0.05, 0.1) is 43.0 Å². The molecule has 0 atom stereocenters. The molecule has 0 spiro atoms. The van der Waals surface area contributed by atoms with Crippen molar-refractivity contribution < 1.29 is 13.9 Å². The quantitative estimate of drug-likeness (QED) is 0.857. The molecule has 0 saturated carbocycles. The fraction of sp³-hybridized carbons (Fsp3) is 0.438. The molecule has 1 aromatic carbocycles. The van der Waals surface area contributed by atoms with Crippen LogP contribution in [0.25, 0.3) is 0 Å². The average molecular weight is 348 g/mol. The summed E-state index contributed by atoms with van der Waals surface area (Å²) in [5.74, 6) is -0.342. The van der Waals surface area contributed by atoms with E-state index in [4.69, 9.17) is 4.74 Å². The highest BCUT2D eigenvalue weighted by Gasteiger charge is 2.17. The van der Waals surface area contributed by atoms with Gasteiger partial charge in [0, 0.05) is 19.6 Å². The van der Waals surface area contributed by atoms with E-state index in [1.165, 1.54) is 12.1 Å². The van der Waals surface area contributed by atoms with Crippen molar-refractivity contribution in [3.8, 4) is 0 Å². The molecule has 2 amide bonds. The van der Waals surface area contributed by atoms with Gasteiger partial charge in [-0.2, -0.15) is 0 Å². The summed E-state index contributed by atoms with van der Waals surface area (Å²) in [6.45, 7) is 5.40. The average Bonchev–Trinajstić information content (AvgIpc) is 3.10. The fourth-order valence-corrected chi connectivity index (χ4v) is 2.70. The molecule has 1 aromatic heterocycles. The maximum absolute atomic E-state index is 13.7. The number of aromatic nitrogens is 3. The van der Waals surface area contributed by atoms with Gasteiger partial charge >= 0.3 is 6.03 Å². The number of halogens is 1. The van der Waals surface area contributed by atoms with Gasteiger partial charge < -0.3 is 20.3 Å². The van der Waals surface area contributed by atoms with Crippen LogP contribution in [0, 0.1) is 5.82 Å². The zero-order chi connectivity index (χ0) is 17.6. The van der Waals surface area contributed by atoms with Gasteiger partial charge in [-0.3, -0.25) is 0 Å². The maximum atomic E-state index is 13.7. The number of morpholine rings is 1. The third-order valence-corrected chi connectivity index (χ3v) is 3.99. The van der Waals surface area contributed by atoms with Crippen molar-refractivity contribution in [1.82, 2.24) is 20.3 Å². The molecule has 1 saturated heterocycles. The van der Waals surface area contributed by atoms with Crippen LogP contribution in [-0.2, 0) is 17.8 Å². The number of urea groups is 1. The molecule has 9 heteroatoms. The second-order valence-corrected chi connectivity index (χ2v) is 5.61. The number of amides is 2. The van der Waals surface area contributed by atoms with Gasteiger partial charge in [0.2, 0.25) is 0 Å². The first kappa shape index (κ1) is 17.2. The van der Waals surface area contributed by atoms with Gasteiger partial charge in [-0.15, -0.1) is 5.10 Å². The number of hydrogen-bond acceptors (Lipinski definition) is 5. The molecule has 2 N–H and O–H groups in total. The van der Waals surface area contributed by atoms with Crippen LogP contribution < -0.4 is 15.5 Å². The first-order valence-electron chi connectivity index (χ1n) is 8.22. The van der Waals surface area contributed by atoms with Crippen LogP contribution in [0.1, 0.15) is 12.6 Å². The number of nitrogens with zero attached hydrogens (tertiary/aromatic N) is 4. The third-order valence-electron chi connectivity index (χ3n) is 3.99. The lowest BCUT2D eigenvalue weighted by Gasteiger charge is -2.30. The second-order valence-electron chi connectivity index (χ2n) is 5.61. The van der Waals surface area contributed by atoms with Crippen molar-refractivity contribution in [2.24, 2.45) is 0 Å². The topological polar surface area (TPSA) is 84.3 Å². The number of ether oxygens (including phenoxy) is 1. The zero-order valence-electron chi connectivity index (χ0n) is 14.0. The predicted molar refractivity (Wildman–Crippen MR) is 91.0 cm³/mol. The van der Waals surface area contributed by atoms with Crippen molar-refractivity contribution in [1.29, 1.82) is 0 Å². The Morgan fingerprint density at radius 1 is 1.36 bits per heavy atom. The second kappa shape index (κ2) is 7.93. The van der Waals surface area contributed by atoms with Gasteiger partial charge in [-0.1, -0.05) is 5.21 Å². The molecule has 0 radical (unpaired) electrons. The Bertz CT molecular complexity index is 729. The summed E-state index contributed by atoms with van der Waals surface area (Å²) in [7, 11) is 0. The first-order valence-corrected chi connectivity index (χ1v) is 8.22. The normalized spacial score (nSPS) is 14.4. The Labute approximate surface area is 144 Å². The van der Waals surface area contributed by atoms with E-state index in [0.29, 0.717) is 50.8 Å². The molecule has 1 fully saturated rings. The highest BCUT2D eigenvalue weighted by atomic mass is 19.1. The van der Waals surface area contributed by atoms with Crippen LogP contribution in [0.15, 0.2) is 24.4 Å². The molecule has 3 rings (SSSR count). The van der Waals surface area contributed by atoms with Crippen molar-refractivity contribution in [3.05, 3.63) is 35.9 Å². The molecular formula is C16H21FN6O2. The lowest BCUT2D eigenvalue weighted by Crippen LogP contribution is -2.37. The Kier molecular flexibility index (Phi) is 5.44. The minimum absolute atomic E-state index is 0.306. The van der Waals surface area contributed by atoms with E-state index in [-0.39, 0.29) is 11.8 Å². The Morgan fingerprint density at radius 2 is 2.16 bits per heavy atom. The van der Waals surface area contributed by atoms with Crippen LogP contribution in [-0.4, -0.2) is 47.3 Å². The predicted octanol–water partition coefficient (Wildman–Crippen LogP) is 1.60. The molecule has 25 heavy (non-hydrogen) atoms. The SMILES string of the molecule is CCn1nncc1CNC(=O)Nc1ccc(F)cc1N1CCOCC1. The van der Waals surface area contributed by atoms with E-state index >= 15 is 0 Å². The largest absolute Gasteiger partial charge is 0.378 e. The molecule has 1 aliphatic heterocycles. The molecule has 1 aliphatic rings. The van der Waals surface area contributed by atoms with Gasteiger partial charge in [-0.05, 0) is 25.1 Å². The summed E-state index contributed by atoms with van der Waals surface area (Å²) in [5, 5.41) is 13.3. The minimum atomic E-state index is -0.370. The molecule has 2 aromatic rings.